The van der Waals surface area contributed by atoms with E-state index in [1.165, 1.54) is 6.20 Å². The molecule has 0 radical (unpaired) electrons. The second kappa shape index (κ2) is 12.4. The number of halogens is 4. The van der Waals surface area contributed by atoms with Crippen molar-refractivity contribution in [1.82, 2.24) is 14.9 Å². The van der Waals surface area contributed by atoms with Gasteiger partial charge in [0.2, 0.25) is 0 Å². The van der Waals surface area contributed by atoms with Gasteiger partial charge >= 0.3 is 0 Å². The number of rotatable bonds is 6. The Hall–Kier alpha value is -1.87. The number of phenols is 1. The highest BCUT2D eigenvalue weighted by Gasteiger charge is 2.25. The zero-order valence-corrected chi connectivity index (χ0v) is 22.4. The van der Waals surface area contributed by atoms with Crippen LogP contribution in [0.4, 0.5) is 5.69 Å². The third-order valence-corrected chi connectivity index (χ3v) is 6.82. The second-order valence-corrected chi connectivity index (χ2v) is 9.41. The number of nitrogens with one attached hydrogen (secondary N) is 1. The molecule has 0 bridgehead atoms. The van der Waals surface area contributed by atoms with Gasteiger partial charge in [0.1, 0.15) is 12.1 Å². The van der Waals surface area contributed by atoms with Crippen molar-refractivity contribution in [3.63, 3.8) is 0 Å². The molecule has 0 aliphatic heterocycles. The summed E-state index contributed by atoms with van der Waals surface area (Å²) < 4.78 is 0. The van der Waals surface area contributed by atoms with E-state index in [4.69, 9.17) is 28.2 Å². The zero-order chi connectivity index (χ0) is 23.7. The Bertz CT molecular complexity index is 1180. The molecule has 35 heavy (non-hydrogen) atoms. The predicted molar refractivity (Wildman–Crippen MR) is 146 cm³/mol. The molecule has 0 unspecified atom stereocenters. The van der Waals surface area contributed by atoms with E-state index in [-0.39, 0.29) is 46.7 Å². The Morgan fingerprint density at radius 2 is 1.74 bits per heavy atom. The van der Waals surface area contributed by atoms with E-state index in [1.54, 1.807) is 18.2 Å². The number of benzene rings is 1. The van der Waals surface area contributed by atoms with Crippen LogP contribution in [0.1, 0.15) is 36.0 Å². The van der Waals surface area contributed by atoms with Gasteiger partial charge in [-0.05, 0) is 64.0 Å². The van der Waals surface area contributed by atoms with E-state index < -0.39 is 12.4 Å². The van der Waals surface area contributed by atoms with Gasteiger partial charge in [0.05, 0.1) is 32.5 Å². The minimum absolute atomic E-state index is 0. The molecule has 1 saturated carbocycles. The highest BCUT2D eigenvalue weighted by atomic mass is 35.5. The highest BCUT2D eigenvalue weighted by Crippen LogP contribution is 2.37. The molecular formula is C24H28Cl4N4O3. The molecule has 0 spiro atoms. The third kappa shape index (κ3) is 6.28. The lowest BCUT2D eigenvalue weighted by Crippen LogP contribution is -2.36. The van der Waals surface area contributed by atoms with Gasteiger partial charge < -0.3 is 20.4 Å². The van der Waals surface area contributed by atoms with E-state index >= 15 is 0 Å². The first-order chi connectivity index (χ1) is 15.8. The number of phenolic OH excluding ortho intramolecular Hbond substituents is 1. The van der Waals surface area contributed by atoms with Crippen molar-refractivity contribution in [2.75, 3.05) is 26.0 Å². The Morgan fingerprint density at radius 3 is 2.31 bits per heavy atom. The lowest BCUT2D eigenvalue weighted by atomic mass is 9.90. The molecule has 0 amide bonds. The van der Waals surface area contributed by atoms with Crippen molar-refractivity contribution in [2.45, 2.75) is 37.8 Å². The molecule has 3 aromatic rings. The number of anilines is 1. The normalized spacial score (nSPS) is 17.5. The summed E-state index contributed by atoms with van der Waals surface area (Å²) in [7, 11) is 4.19. The van der Waals surface area contributed by atoms with Crippen LogP contribution in [0.15, 0.2) is 30.5 Å². The SMILES string of the molecule is CN(C)[C@H]1CC[C@H](Nc2c(C(=O)CO)cnc3ccc(-c4cc(Cl)c(O)c(Cl)c4)nc23)CC1.Cl.Cl. The maximum absolute atomic E-state index is 12.5. The van der Waals surface area contributed by atoms with Gasteiger partial charge in [-0.1, -0.05) is 23.2 Å². The average Bonchev–Trinajstić information content (AvgIpc) is 2.82. The minimum atomic E-state index is -0.613. The van der Waals surface area contributed by atoms with Crippen LogP contribution in [0.25, 0.3) is 22.3 Å². The van der Waals surface area contributed by atoms with Crippen molar-refractivity contribution in [3.05, 3.63) is 46.1 Å². The van der Waals surface area contributed by atoms with Crippen LogP contribution in [-0.2, 0) is 0 Å². The number of carbonyl (C=O) groups is 1. The standard InChI is InChI=1S/C24H26Cl2N4O3.2ClH/c1-30(2)15-5-3-14(4-6-15)28-22-16(21(32)12-31)11-27-20-8-7-19(29-23(20)22)13-9-17(25)24(33)18(26)10-13;;/h7-11,14-15,31,33H,3-6,12H2,1-2H3,(H,27,28);2*1H/t14-,15-;;. The number of hydrogen-bond donors (Lipinski definition) is 3. The first-order valence-corrected chi connectivity index (χ1v) is 11.6. The molecule has 1 fully saturated rings. The molecule has 3 N–H and O–H groups in total. The smallest absolute Gasteiger partial charge is 0.191 e. The Kier molecular flexibility index (Phi) is 10.4. The number of aliphatic hydroxyl groups excluding tert-OH is 1. The average molecular weight is 562 g/mol. The van der Waals surface area contributed by atoms with Gasteiger partial charge in [0, 0.05) is 23.8 Å². The lowest BCUT2D eigenvalue weighted by Gasteiger charge is -2.33. The molecule has 0 atom stereocenters. The second-order valence-electron chi connectivity index (χ2n) is 8.59. The van der Waals surface area contributed by atoms with Crippen LogP contribution in [0.3, 0.4) is 0 Å². The summed E-state index contributed by atoms with van der Waals surface area (Å²) in [6.07, 6.45) is 5.52. The van der Waals surface area contributed by atoms with Gasteiger partial charge in [0.15, 0.2) is 11.5 Å². The van der Waals surface area contributed by atoms with Crippen molar-refractivity contribution >= 4 is 70.5 Å². The fourth-order valence-corrected chi connectivity index (χ4v) is 4.81. The molecule has 2 heterocycles. The van der Waals surface area contributed by atoms with Gasteiger partial charge in [-0.15, -0.1) is 24.8 Å². The molecule has 4 rings (SSSR count). The van der Waals surface area contributed by atoms with Crippen LogP contribution in [0, 0.1) is 0 Å². The molecule has 1 aliphatic rings. The predicted octanol–water partition coefficient (Wildman–Crippen LogP) is 5.61. The number of fused-ring (bicyclic) bond motifs is 1. The number of hydrogen-bond acceptors (Lipinski definition) is 7. The van der Waals surface area contributed by atoms with Crippen LogP contribution in [-0.4, -0.2) is 63.7 Å². The van der Waals surface area contributed by atoms with Gasteiger partial charge in [-0.25, -0.2) is 4.98 Å². The lowest BCUT2D eigenvalue weighted by molar-refractivity contribution is 0.0904. The van der Waals surface area contributed by atoms with Gasteiger partial charge in [-0.3, -0.25) is 9.78 Å². The van der Waals surface area contributed by atoms with E-state index in [0.717, 1.165) is 25.7 Å². The minimum Gasteiger partial charge on any atom is -0.505 e. The van der Waals surface area contributed by atoms with Crippen LogP contribution >= 0.6 is 48.0 Å². The number of ketones is 1. The van der Waals surface area contributed by atoms with E-state index in [0.29, 0.717) is 39.6 Å². The quantitative estimate of drug-likeness (QED) is 0.336. The largest absolute Gasteiger partial charge is 0.505 e. The molecule has 1 aromatic carbocycles. The van der Waals surface area contributed by atoms with Gasteiger partial charge in [0.25, 0.3) is 0 Å². The topological polar surface area (TPSA) is 98.6 Å². The maximum atomic E-state index is 12.5. The molecule has 11 heteroatoms. The number of nitrogens with zero attached hydrogens (tertiary/aromatic N) is 3. The van der Waals surface area contributed by atoms with E-state index in [9.17, 15) is 15.0 Å². The number of Topliss-reactive ketones (excluding diaryl/α,β-unsaturated/α-hetero) is 1. The summed E-state index contributed by atoms with van der Waals surface area (Å²) in [6, 6.07) is 7.50. The molecular weight excluding hydrogens is 534 g/mol. The van der Waals surface area contributed by atoms with Gasteiger partial charge in [-0.2, -0.15) is 0 Å². The van der Waals surface area contributed by atoms with Crippen molar-refractivity contribution in [3.8, 4) is 17.0 Å². The fraction of sp³-hybridized carbons (Fsp3) is 0.375. The first kappa shape index (κ1) is 29.4. The third-order valence-electron chi connectivity index (χ3n) is 6.24. The summed E-state index contributed by atoms with van der Waals surface area (Å²) >= 11 is 12.2. The molecule has 190 valence electrons. The Labute approximate surface area is 226 Å². The number of aliphatic hydroxyl groups is 1. The number of aromatic nitrogens is 2. The fourth-order valence-electron chi connectivity index (χ4n) is 4.32. The van der Waals surface area contributed by atoms with Crippen LogP contribution < -0.4 is 5.32 Å². The monoisotopic (exact) mass is 560 g/mol. The number of pyridine rings is 2. The summed E-state index contributed by atoms with van der Waals surface area (Å²) in [5.74, 6) is -0.604. The molecule has 2 aromatic heterocycles. The number of carbonyl (C=O) groups excluding carboxylic acids is 1. The van der Waals surface area contributed by atoms with Crippen molar-refractivity contribution in [1.29, 1.82) is 0 Å². The molecule has 0 saturated heterocycles. The molecule has 7 nitrogen and oxygen atoms in total. The summed E-state index contributed by atoms with van der Waals surface area (Å²) in [5, 5.41) is 23.2. The van der Waals surface area contributed by atoms with Crippen LogP contribution in [0.2, 0.25) is 10.0 Å². The maximum Gasteiger partial charge on any atom is 0.191 e. The van der Waals surface area contributed by atoms with Crippen molar-refractivity contribution in [2.24, 2.45) is 0 Å². The molecule has 1 aliphatic carbocycles. The summed E-state index contributed by atoms with van der Waals surface area (Å²) in [6.45, 7) is -0.613. The Morgan fingerprint density at radius 1 is 1.11 bits per heavy atom. The van der Waals surface area contributed by atoms with Crippen LogP contribution in [0.5, 0.6) is 5.75 Å². The highest BCUT2D eigenvalue weighted by molar-refractivity contribution is 6.37. The summed E-state index contributed by atoms with van der Waals surface area (Å²) in [4.78, 5) is 23.9. The summed E-state index contributed by atoms with van der Waals surface area (Å²) in [5.41, 5.74) is 3.23. The van der Waals surface area contributed by atoms with E-state index in [1.807, 2.05) is 6.07 Å². The van der Waals surface area contributed by atoms with Crippen molar-refractivity contribution < 1.29 is 15.0 Å². The zero-order valence-electron chi connectivity index (χ0n) is 19.3. The Balaban J connectivity index is 0.00000216. The van der Waals surface area contributed by atoms with E-state index in [2.05, 4.69) is 29.3 Å². The first-order valence-electron chi connectivity index (χ1n) is 10.8. The number of aromatic hydroxyl groups is 1.